The first kappa shape index (κ1) is 17.2. The van der Waals surface area contributed by atoms with E-state index in [1.807, 2.05) is 13.8 Å². The van der Waals surface area contributed by atoms with E-state index < -0.39 is 23.7 Å². The molecular formula is C15H17ClFNO3. The van der Waals surface area contributed by atoms with E-state index in [-0.39, 0.29) is 16.5 Å². The van der Waals surface area contributed by atoms with E-state index in [4.69, 9.17) is 16.7 Å². The van der Waals surface area contributed by atoms with Gasteiger partial charge in [-0.05, 0) is 30.5 Å². The second-order valence-corrected chi connectivity index (χ2v) is 5.40. The van der Waals surface area contributed by atoms with Crippen LogP contribution >= 0.6 is 11.6 Å². The van der Waals surface area contributed by atoms with Gasteiger partial charge in [0.05, 0.1) is 5.02 Å². The van der Waals surface area contributed by atoms with Gasteiger partial charge < -0.3 is 10.4 Å². The van der Waals surface area contributed by atoms with Gasteiger partial charge in [0.1, 0.15) is 11.9 Å². The summed E-state index contributed by atoms with van der Waals surface area (Å²) in [5, 5.41) is 11.6. The van der Waals surface area contributed by atoms with Crippen LogP contribution in [0.4, 0.5) is 4.39 Å². The fraction of sp³-hybridized carbons (Fsp3) is 0.333. The van der Waals surface area contributed by atoms with E-state index in [1.165, 1.54) is 24.3 Å². The molecule has 0 aliphatic carbocycles. The normalized spacial score (nSPS) is 12.6. The maximum Gasteiger partial charge on any atom is 0.326 e. The van der Waals surface area contributed by atoms with Crippen LogP contribution < -0.4 is 5.32 Å². The van der Waals surface area contributed by atoms with E-state index in [9.17, 15) is 14.0 Å². The quantitative estimate of drug-likeness (QED) is 0.793. The zero-order chi connectivity index (χ0) is 16.0. The molecule has 1 aromatic carbocycles. The lowest BCUT2D eigenvalue weighted by Crippen LogP contribution is -2.40. The second-order valence-electron chi connectivity index (χ2n) is 5.00. The number of hydrogen-bond donors (Lipinski definition) is 2. The number of carboxylic acid groups (broad SMARTS) is 1. The molecule has 1 atom stereocenters. The van der Waals surface area contributed by atoms with Gasteiger partial charge >= 0.3 is 5.97 Å². The standard InChI is InChI=1S/C15H17ClFNO3/c1-9(2)8-13(15(20)21)18-14(19)7-6-10-11(16)4-3-5-12(10)17/h3-7,9,13H,8H2,1-2H3,(H,18,19)(H,20,21)/b7-6+. The Morgan fingerprint density at radius 1 is 1.43 bits per heavy atom. The molecule has 0 heterocycles. The minimum Gasteiger partial charge on any atom is -0.480 e. The zero-order valence-corrected chi connectivity index (χ0v) is 12.5. The highest BCUT2D eigenvalue weighted by Crippen LogP contribution is 2.20. The maximum atomic E-state index is 13.5. The number of hydrogen-bond acceptors (Lipinski definition) is 2. The van der Waals surface area contributed by atoms with Crippen LogP contribution in [0.25, 0.3) is 6.08 Å². The van der Waals surface area contributed by atoms with Crippen LogP contribution in [0.3, 0.4) is 0 Å². The van der Waals surface area contributed by atoms with Gasteiger partial charge in [-0.1, -0.05) is 31.5 Å². The number of nitrogens with one attached hydrogen (secondary N) is 1. The van der Waals surface area contributed by atoms with Crippen LogP contribution in [-0.2, 0) is 9.59 Å². The Hall–Kier alpha value is -1.88. The summed E-state index contributed by atoms with van der Waals surface area (Å²) >= 11 is 5.82. The average Bonchev–Trinajstić information content (AvgIpc) is 2.36. The Morgan fingerprint density at radius 2 is 2.10 bits per heavy atom. The van der Waals surface area contributed by atoms with E-state index in [1.54, 1.807) is 0 Å². The van der Waals surface area contributed by atoms with Crippen molar-refractivity contribution in [2.24, 2.45) is 5.92 Å². The molecule has 114 valence electrons. The monoisotopic (exact) mass is 313 g/mol. The Balaban J connectivity index is 2.76. The molecule has 21 heavy (non-hydrogen) atoms. The molecule has 0 aliphatic heterocycles. The highest BCUT2D eigenvalue weighted by molar-refractivity contribution is 6.32. The highest BCUT2D eigenvalue weighted by Gasteiger charge is 2.20. The van der Waals surface area contributed by atoms with Crippen LogP contribution in [0.1, 0.15) is 25.8 Å². The van der Waals surface area contributed by atoms with Gasteiger partial charge in [-0.25, -0.2) is 9.18 Å². The van der Waals surface area contributed by atoms with E-state index in [0.29, 0.717) is 6.42 Å². The topological polar surface area (TPSA) is 66.4 Å². The van der Waals surface area contributed by atoms with E-state index in [2.05, 4.69) is 5.32 Å². The first-order valence-corrected chi connectivity index (χ1v) is 6.84. The van der Waals surface area contributed by atoms with E-state index in [0.717, 1.165) is 6.08 Å². The lowest BCUT2D eigenvalue weighted by Gasteiger charge is -2.15. The van der Waals surface area contributed by atoms with Crippen LogP contribution in [0, 0.1) is 11.7 Å². The summed E-state index contributed by atoms with van der Waals surface area (Å²) in [5.41, 5.74) is 0.0880. The van der Waals surface area contributed by atoms with Gasteiger partial charge in [0.15, 0.2) is 0 Å². The first-order valence-electron chi connectivity index (χ1n) is 6.46. The summed E-state index contributed by atoms with van der Waals surface area (Å²) < 4.78 is 13.5. The fourth-order valence-electron chi connectivity index (χ4n) is 1.74. The van der Waals surface area contributed by atoms with Crippen molar-refractivity contribution in [1.82, 2.24) is 5.32 Å². The molecule has 1 aromatic rings. The summed E-state index contributed by atoms with van der Waals surface area (Å²) in [6, 6.07) is 3.21. The molecule has 0 aliphatic rings. The number of carbonyl (C=O) groups excluding carboxylic acids is 1. The Morgan fingerprint density at radius 3 is 2.62 bits per heavy atom. The van der Waals surface area contributed by atoms with Crippen molar-refractivity contribution >= 4 is 29.6 Å². The van der Waals surface area contributed by atoms with Crippen molar-refractivity contribution in [2.45, 2.75) is 26.3 Å². The van der Waals surface area contributed by atoms with Crippen LogP contribution in [0.2, 0.25) is 5.02 Å². The lowest BCUT2D eigenvalue weighted by molar-refractivity contribution is -0.141. The van der Waals surface area contributed by atoms with Crippen LogP contribution in [0.5, 0.6) is 0 Å². The van der Waals surface area contributed by atoms with Gasteiger partial charge in [0.2, 0.25) is 5.91 Å². The summed E-state index contributed by atoms with van der Waals surface area (Å²) in [6.07, 6.45) is 2.61. The molecule has 0 spiro atoms. The number of carboxylic acids is 1. The third kappa shape index (κ3) is 5.55. The van der Waals surface area contributed by atoms with Crippen molar-refractivity contribution in [1.29, 1.82) is 0 Å². The van der Waals surface area contributed by atoms with Crippen molar-refractivity contribution in [2.75, 3.05) is 0 Å². The molecule has 0 aromatic heterocycles. The number of benzene rings is 1. The lowest BCUT2D eigenvalue weighted by atomic mass is 10.0. The molecule has 1 amide bonds. The first-order chi connectivity index (χ1) is 9.81. The number of halogens is 2. The van der Waals surface area contributed by atoms with Gasteiger partial charge in [0, 0.05) is 11.6 Å². The molecule has 4 nitrogen and oxygen atoms in total. The van der Waals surface area contributed by atoms with Gasteiger partial charge in [0.25, 0.3) is 0 Å². The molecule has 1 unspecified atom stereocenters. The molecule has 2 N–H and O–H groups in total. The average molecular weight is 314 g/mol. The largest absolute Gasteiger partial charge is 0.480 e. The number of amides is 1. The Labute approximate surface area is 127 Å². The summed E-state index contributed by atoms with van der Waals surface area (Å²) in [5.74, 6) is -2.14. The third-order valence-corrected chi connectivity index (χ3v) is 3.05. The van der Waals surface area contributed by atoms with Crippen LogP contribution in [-0.4, -0.2) is 23.0 Å². The number of aliphatic carboxylic acids is 1. The molecule has 6 heteroatoms. The second kappa shape index (κ2) is 7.78. The number of carbonyl (C=O) groups is 2. The van der Waals surface area contributed by atoms with E-state index >= 15 is 0 Å². The molecule has 0 fully saturated rings. The van der Waals surface area contributed by atoms with Crippen molar-refractivity contribution < 1.29 is 19.1 Å². The third-order valence-electron chi connectivity index (χ3n) is 2.72. The predicted molar refractivity (Wildman–Crippen MR) is 79.5 cm³/mol. The van der Waals surface area contributed by atoms with Gasteiger partial charge in [-0.15, -0.1) is 0 Å². The molecule has 1 rings (SSSR count). The molecule has 0 radical (unpaired) electrons. The van der Waals surface area contributed by atoms with Crippen molar-refractivity contribution in [3.8, 4) is 0 Å². The minimum absolute atomic E-state index is 0.0880. The Kier molecular flexibility index (Phi) is 6.37. The van der Waals surface area contributed by atoms with Gasteiger partial charge in [-0.3, -0.25) is 4.79 Å². The maximum absolute atomic E-state index is 13.5. The van der Waals surface area contributed by atoms with Crippen molar-refractivity contribution in [3.05, 3.63) is 40.7 Å². The number of rotatable bonds is 6. The molecule has 0 saturated heterocycles. The fourth-order valence-corrected chi connectivity index (χ4v) is 1.97. The van der Waals surface area contributed by atoms with Gasteiger partial charge in [-0.2, -0.15) is 0 Å². The minimum atomic E-state index is -1.10. The molecule has 0 bridgehead atoms. The zero-order valence-electron chi connectivity index (χ0n) is 11.8. The Bertz CT molecular complexity index is 538. The van der Waals surface area contributed by atoms with Crippen LogP contribution in [0.15, 0.2) is 24.3 Å². The summed E-state index contributed by atoms with van der Waals surface area (Å²) in [4.78, 5) is 22.7. The molecular weight excluding hydrogens is 297 g/mol. The highest BCUT2D eigenvalue weighted by atomic mass is 35.5. The molecule has 0 saturated carbocycles. The smallest absolute Gasteiger partial charge is 0.326 e. The SMILES string of the molecule is CC(C)CC(NC(=O)/C=C/c1c(F)cccc1Cl)C(=O)O. The van der Waals surface area contributed by atoms with Crippen molar-refractivity contribution in [3.63, 3.8) is 0 Å². The summed E-state index contributed by atoms with van der Waals surface area (Å²) in [7, 11) is 0. The predicted octanol–water partition coefficient (Wildman–Crippen LogP) is 3.11. The summed E-state index contributed by atoms with van der Waals surface area (Å²) in [6.45, 7) is 3.72.